The minimum Gasteiger partial charge on any atom is -0.496 e. The number of ether oxygens (including phenoxy) is 1. The molecule has 94 valence electrons. The number of benzene rings is 1. The van der Waals surface area contributed by atoms with Crippen LogP contribution in [0.2, 0.25) is 0 Å². The second-order valence-electron chi connectivity index (χ2n) is 4.60. The second kappa shape index (κ2) is 4.33. The Morgan fingerprint density at radius 1 is 1.39 bits per heavy atom. The number of hydrogen-bond donors (Lipinski definition) is 1. The van der Waals surface area contributed by atoms with Gasteiger partial charge in [0.15, 0.2) is 5.82 Å². The first-order valence-corrected chi connectivity index (χ1v) is 6.10. The molecule has 3 rings (SSSR count). The van der Waals surface area contributed by atoms with Gasteiger partial charge < -0.3 is 10.5 Å². The van der Waals surface area contributed by atoms with E-state index in [1.165, 1.54) is 12.8 Å². The molecule has 1 saturated carbocycles. The number of methoxy groups -OCH3 is 1. The normalized spacial score (nSPS) is 14.7. The molecule has 0 unspecified atom stereocenters. The Balaban J connectivity index is 1.92. The summed E-state index contributed by atoms with van der Waals surface area (Å²) in [5, 5.41) is 8.11. The zero-order valence-corrected chi connectivity index (χ0v) is 10.3. The molecule has 0 radical (unpaired) electrons. The molecule has 0 aliphatic heterocycles. The smallest absolute Gasteiger partial charge is 0.169 e. The van der Waals surface area contributed by atoms with E-state index in [1.54, 1.807) is 7.11 Å². The largest absolute Gasteiger partial charge is 0.496 e. The first-order chi connectivity index (χ1) is 8.79. The third-order valence-corrected chi connectivity index (χ3v) is 3.28. The van der Waals surface area contributed by atoms with Gasteiger partial charge in [-0.15, -0.1) is 5.10 Å². The van der Waals surface area contributed by atoms with Crippen molar-refractivity contribution in [1.82, 2.24) is 15.0 Å². The summed E-state index contributed by atoms with van der Waals surface area (Å²) in [6.07, 6.45) is 2.37. The maximum atomic E-state index is 5.88. The summed E-state index contributed by atoms with van der Waals surface area (Å²) in [5.41, 5.74) is 8.04. The highest BCUT2D eigenvalue weighted by Crippen LogP contribution is 2.42. The zero-order valence-electron chi connectivity index (χ0n) is 10.3. The molecule has 0 bridgehead atoms. The summed E-state index contributed by atoms with van der Waals surface area (Å²) in [6.45, 7) is 0.653. The lowest BCUT2D eigenvalue weighted by atomic mass is 10.2. The maximum absolute atomic E-state index is 5.88. The predicted octanol–water partition coefficient (Wildman–Crippen LogP) is 1.79. The van der Waals surface area contributed by atoms with E-state index in [0.717, 1.165) is 17.0 Å². The Morgan fingerprint density at radius 2 is 2.17 bits per heavy atom. The number of nitrogens with two attached hydrogens (primary N) is 1. The van der Waals surface area contributed by atoms with E-state index in [1.807, 2.05) is 28.9 Å². The number of anilines is 1. The van der Waals surface area contributed by atoms with Crippen molar-refractivity contribution >= 4 is 5.82 Å². The van der Waals surface area contributed by atoms with Crippen LogP contribution in [0.5, 0.6) is 5.75 Å². The number of hydrogen-bond acceptors (Lipinski definition) is 4. The van der Waals surface area contributed by atoms with Crippen LogP contribution in [0.3, 0.4) is 0 Å². The maximum Gasteiger partial charge on any atom is 0.169 e. The third kappa shape index (κ3) is 1.92. The van der Waals surface area contributed by atoms with Gasteiger partial charge in [-0.3, -0.25) is 0 Å². The van der Waals surface area contributed by atoms with Crippen LogP contribution in [0.15, 0.2) is 24.3 Å². The molecule has 5 heteroatoms. The summed E-state index contributed by atoms with van der Waals surface area (Å²) in [5.74, 6) is 1.97. The van der Waals surface area contributed by atoms with Crippen LogP contribution in [-0.4, -0.2) is 22.1 Å². The lowest BCUT2D eigenvalue weighted by Gasteiger charge is -2.09. The van der Waals surface area contributed by atoms with Crippen LogP contribution in [0.25, 0.3) is 0 Å². The van der Waals surface area contributed by atoms with Gasteiger partial charge in [0.05, 0.1) is 19.3 Å². The zero-order chi connectivity index (χ0) is 12.5. The standard InChI is InChI=1S/C13H16N4O/c1-18-11-5-3-2-4-10(11)8-17-12(9-6-7-9)13(14)15-16-17/h2-5,9H,6-8,14H2,1H3. The van der Waals surface area contributed by atoms with Crippen molar-refractivity contribution in [3.05, 3.63) is 35.5 Å². The van der Waals surface area contributed by atoms with Crippen LogP contribution in [0.4, 0.5) is 5.82 Å². The monoisotopic (exact) mass is 244 g/mol. The van der Waals surface area contributed by atoms with Crippen LogP contribution >= 0.6 is 0 Å². The van der Waals surface area contributed by atoms with E-state index < -0.39 is 0 Å². The van der Waals surface area contributed by atoms with E-state index in [2.05, 4.69) is 10.3 Å². The Kier molecular flexibility index (Phi) is 2.66. The molecular formula is C13H16N4O. The summed E-state index contributed by atoms with van der Waals surface area (Å²) in [4.78, 5) is 0. The van der Waals surface area contributed by atoms with Crippen LogP contribution < -0.4 is 10.5 Å². The average molecular weight is 244 g/mol. The number of nitrogen functional groups attached to an aromatic ring is 1. The van der Waals surface area contributed by atoms with Crippen LogP contribution in [0.1, 0.15) is 30.0 Å². The molecule has 1 aliphatic carbocycles. The van der Waals surface area contributed by atoms with E-state index in [0.29, 0.717) is 18.3 Å². The minimum atomic E-state index is 0.537. The molecule has 2 N–H and O–H groups in total. The first kappa shape index (κ1) is 11.1. The van der Waals surface area contributed by atoms with E-state index >= 15 is 0 Å². The van der Waals surface area contributed by atoms with Crippen molar-refractivity contribution in [3.63, 3.8) is 0 Å². The van der Waals surface area contributed by atoms with Gasteiger partial charge in [0.25, 0.3) is 0 Å². The molecule has 2 aromatic rings. The van der Waals surface area contributed by atoms with Crippen molar-refractivity contribution < 1.29 is 4.74 Å². The van der Waals surface area contributed by atoms with Gasteiger partial charge in [0, 0.05) is 11.5 Å². The molecule has 1 aromatic heterocycles. The predicted molar refractivity (Wildman–Crippen MR) is 68.5 cm³/mol. The molecule has 1 heterocycles. The third-order valence-electron chi connectivity index (χ3n) is 3.28. The highest BCUT2D eigenvalue weighted by molar-refractivity contribution is 5.40. The Labute approximate surface area is 106 Å². The fourth-order valence-corrected chi connectivity index (χ4v) is 2.22. The lowest BCUT2D eigenvalue weighted by Crippen LogP contribution is -2.07. The van der Waals surface area contributed by atoms with Gasteiger partial charge in [0.1, 0.15) is 5.75 Å². The molecule has 0 saturated heterocycles. The van der Waals surface area contributed by atoms with Gasteiger partial charge in [-0.05, 0) is 18.9 Å². The average Bonchev–Trinajstić information content (AvgIpc) is 3.16. The molecule has 0 spiro atoms. The first-order valence-electron chi connectivity index (χ1n) is 6.10. The van der Waals surface area contributed by atoms with Gasteiger partial charge in [-0.2, -0.15) is 0 Å². The van der Waals surface area contributed by atoms with Crippen molar-refractivity contribution in [3.8, 4) is 5.75 Å². The fourth-order valence-electron chi connectivity index (χ4n) is 2.22. The molecule has 1 aliphatic rings. The van der Waals surface area contributed by atoms with E-state index in [-0.39, 0.29) is 0 Å². The topological polar surface area (TPSA) is 66.0 Å². The SMILES string of the molecule is COc1ccccc1Cn1nnc(N)c1C1CC1. The molecule has 1 aromatic carbocycles. The highest BCUT2D eigenvalue weighted by Gasteiger charge is 2.30. The molecule has 1 fully saturated rings. The quantitative estimate of drug-likeness (QED) is 0.890. The Bertz CT molecular complexity index is 560. The number of aromatic nitrogens is 3. The Morgan fingerprint density at radius 3 is 2.89 bits per heavy atom. The summed E-state index contributed by atoms with van der Waals surface area (Å²) < 4.78 is 7.24. The second-order valence-corrected chi connectivity index (χ2v) is 4.60. The number of nitrogens with zero attached hydrogens (tertiary/aromatic N) is 3. The molecule has 18 heavy (non-hydrogen) atoms. The Hall–Kier alpha value is -2.04. The van der Waals surface area contributed by atoms with Gasteiger partial charge in [-0.25, -0.2) is 4.68 Å². The highest BCUT2D eigenvalue weighted by atomic mass is 16.5. The molecule has 0 atom stereocenters. The van der Waals surface area contributed by atoms with Crippen molar-refractivity contribution in [2.24, 2.45) is 0 Å². The summed E-state index contributed by atoms with van der Waals surface area (Å²) in [7, 11) is 1.68. The molecule has 0 amide bonds. The number of rotatable bonds is 4. The van der Waals surface area contributed by atoms with E-state index in [4.69, 9.17) is 10.5 Å². The number of para-hydroxylation sites is 1. The molecular weight excluding hydrogens is 228 g/mol. The summed E-state index contributed by atoms with van der Waals surface area (Å²) in [6, 6.07) is 7.94. The lowest BCUT2D eigenvalue weighted by molar-refractivity contribution is 0.406. The van der Waals surface area contributed by atoms with Crippen molar-refractivity contribution in [2.75, 3.05) is 12.8 Å². The van der Waals surface area contributed by atoms with Gasteiger partial charge in [0.2, 0.25) is 0 Å². The van der Waals surface area contributed by atoms with E-state index in [9.17, 15) is 0 Å². The molecule has 5 nitrogen and oxygen atoms in total. The summed E-state index contributed by atoms with van der Waals surface area (Å²) >= 11 is 0. The minimum absolute atomic E-state index is 0.537. The van der Waals surface area contributed by atoms with Gasteiger partial charge >= 0.3 is 0 Å². The fraction of sp³-hybridized carbons (Fsp3) is 0.385. The van der Waals surface area contributed by atoms with Crippen molar-refractivity contribution in [1.29, 1.82) is 0 Å². The van der Waals surface area contributed by atoms with Gasteiger partial charge in [-0.1, -0.05) is 23.4 Å². The van der Waals surface area contributed by atoms with Crippen molar-refractivity contribution in [2.45, 2.75) is 25.3 Å². The van der Waals surface area contributed by atoms with Crippen LogP contribution in [0, 0.1) is 0 Å². The van der Waals surface area contributed by atoms with Crippen LogP contribution in [-0.2, 0) is 6.54 Å².